The number of likely N-dealkylation sites (tertiary alicyclic amines) is 1. The van der Waals surface area contributed by atoms with Crippen molar-refractivity contribution in [2.45, 2.75) is 32.4 Å². The van der Waals surface area contributed by atoms with E-state index in [1.165, 1.54) is 12.5 Å². The van der Waals surface area contributed by atoms with Crippen LogP contribution in [0.3, 0.4) is 0 Å². The van der Waals surface area contributed by atoms with E-state index in [2.05, 4.69) is 30.3 Å². The van der Waals surface area contributed by atoms with E-state index in [9.17, 15) is 13.6 Å². The van der Waals surface area contributed by atoms with Gasteiger partial charge in [-0.3, -0.25) is 24.7 Å². The Labute approximate surface area is 231 Å². The number of ether oxygens (including phenoxy) is 1. The first-order valence-electron chi connectivity index (χ1n) is 13.8. The second-order valence-corrected chi connectivity index (χ2v) is 10.5. The van der Waals surface area contributed by atoms with Crippen LogP contribution >= 0.6 is 0 Å². The summed E-state index contributed by atoms with van der Waals surface area (Å²) in [6, 6.07) is 11.8. The van der Waals surface area contributed by atoms with Gasteiger partial charge in [-0.25, -0.2) is 8.78 Å². The van der Waals surface area contributed by atoms with Crippen molar-refractivity contribution in [2.75, 3.05) is 44.7 Å². The summed E-state index contributed by atoms with van der Waals surface area (Å²) in [6.45, 7) is 6.39. The number of fused-ring (bicyclic) bond motifs is 1. The van der Waals surface area contributed by atoms with Gasteiger partial charge in [0.25, 0.3) is 5.91 Å². The maximum Gasteiger partial charge on any atom is 0.276 e. The molecule has 0 aliphatic carbocycles. The highest BCUT2D eigenvalue weighted by atomic mass is 19.2. The van der Waals surface area contributed by atoms with Gasteiger partial charge in [0.15, 0.2) is 17.3 Å². The summed E-state index contributed by atoms with van der Waals surface area (Å²) in [4.78, 5) is 22.2. The lowest BCUT2D eigenvalue weighted by molar-refractivity contribution is 0.0336. The van der Waals surface area contributed by atoms with E-state index in [0.29, 0.717) is 28.7 Å². The van der Waals surface area contributed by atoms with Crippen LogP contribution in [0.5, 0.6) is 0 Å². The lowest BCUT2D eigenvalue weighted by Crippen LogP contribution is -2.35. The van der Waals surface area contributed by atoms with Crippen LogP contribution < -0.4 is 5.32 Å². The van der Waals surface area contributed by atoms with Gasteiger partial charge in [0, 0.05) is 37.1 Å². The van der Waals surface area contributed by atoms with E-state index < -0.39 is 17.5 Å². The van der Waals surface area contributed by atoms with Crippen LogP contribution in [0, 0.1) is 11.6 Å². The Morgan fingerprint density at radius 1 is 0.950 bits per heavy atom. The number of rotatable bonds is 7. The van der Waals surface area contributed by atoms with E-state index in [-0.39, 0.29) is 11.3 Å². The number of aromatic amines is 1. The molecule has 0 saturated carbocycles. The van der Waals surface area contributed by atoms with Gasteiger partial charge >= 0.3 is 0 Å². The number of piperidine rings is 1. The SMILES string of the molecule is O=C(Nc1ccc(CN2CCOCC2)nc1)c1n[nH]c2ccc(-c3cc(CN4CCCCC4)cc(F)c3F)cc12. The van der Waals surface area contributed by atoms with Crippen LogP contribution in [0.15, 0.2) is 48.7 Å². The summed E-state index contributed by atoms with van der Waals surface area (Å²) >= 11 is 0. The van der Waals surface area contributed by atoms with Crippen LogP contribution in [-0.2, 0) is 17.8 Å². The van der Waals surface area contributed by atoms with Gasteiger partial charge in [0.2, 0.25) is 0 Å². The molecule has 6 rings (SSSR count). The molecule has 8 nitrogen and oxygen atoms in total. The highest BCUT2D eigenvalue weighted by Crippen LogP contribution is 2.30. The van der Waals surface area contributed by atoms with Gasteiger partial charge in [-0.05, 0) is 73.5 Å². The lowest BCUT2D eigenvalue weighted by Gasteiger charge is -2.26. The average molecular weight is 547 g/mol. The first kappa shape index (κ1) is 26.5. The van der Waals surface area contributed by atoms with Gasteiger partial charge < -0.3 is 10.1 Å². The molecule has 4 heterocycles. The molecular weight excluding hydrogens is 514 g/mol. The Bertz CT molecular complexity index is 1490. The molecule has 2 aliphatic rings. The summed E-state index contributed by atoms with van der Waals surface area (Å²) < 4.78 is 35.0. The quantitative estimate of drug-likeness (QED) is 0.340. The zero-order valence-electron chi connectivity index (χ0n) is 22.3. The number of H-pyrrole nitrogens is 1. The second kappa shape index (κ2) is 11.8. The smallest absolute Gasteiger partial charge is 0.276 e. The number of nitrogens with zero attached hydrogens (tertiary/aromatic N) is 4. The summed E-state index contributed by atoms with van der Waals surface area (Å²) in [6.07, 6.45) is 5.07. The van der Waals surface area contributed by atoms with Crippen molar-refractivity contribution < 1.29 is 18.3 Å². The van der Waals surface area contributed by atoms with Gasteiger partial charge in [-0.1, -0.05) is 12.5 Å². The van der Waals surface area contributed by atoms with Crippen molar-refractivity contribution in [1.29, 1.82) is 0 Å². The molecule has 40 heavy (non-hydrogen) atoms. The minimum absolute atomic E-state index is 0.166. The number of nitrogens with one attached hydrogen (secondary N) is 2. The zero-order valence-corrected chi connectivity index (χ0v) is 22.3. The minimum atomic E-state index is -0.903. The fourth-order valence-electron chi connectivity index (χ4n) is 5.45. The monoisotopic (exact) mass is 546 g/mol. The largest absolute Gasteiger partial charge is 0.379 e. The van der Waals surface area contributed by atoms with Crippen LogP contribution in [-0.4, -0.2) is 70.3 Å². The average Bonchev–Trinajstić information content (AvgIpc) is 3.41. The van der Waals surface area contributed by atoms with E-state index in [1.54, 1.807) is 30.5 Å². The first-order chi connectivity index (χ1) is 19.5. The van der Waals surface area contributed by atoms with E-state index >= 15 is 0 Å². The Balaban J connectivity index is 1.21. The number of amides is 1. The van der Waals surface area contributed by atoms with Crippen LogP contribution in [0.25, 0.3) is 22.0 Å². The van der Waals surface area contributed by atoms with Crippen molar-refractivity contribution in [2.24, 2.45) is 0 Å². The molecule has 208 valence electrons. The number of anilines is 1. The predicted molar refractivity (Wildman–Crippen MR) is 149 cm³/mol. The topological polar surface area (TPSA) is 86.4 Å². The fraction of sp³-hybridized carbons (Fsp3) is 0.367. The third-order valence-corrected chi connectivity index (χ3v) is 7.60. The molecule has 10 heteroatoms. The number of halogens is 2. The zero-order chi connectivity index (χ0) is 27.5. The second-order valence-electron chi connectivity index (χ2n) is 10.5. The first-order valence-corrected chi connectivity index (χ1v) is 13.8. The molecule has 2 fully saturated rings. The summed E-state index contributed by atoms with van der Waals surface area (Å²) in [5, 5.41) is 10.4. The molecular formula is C30H32F2N6O2. The van der Waals surface area contributed by atoms with Gasteiger partial charge in [0.05, 0.1) is 36.3 Å². The number of carbonyl (C=O) groups excluding carboxylic acids is 1. The third kappa shape index (κ3) is 5.89. The number of carbonyl (C=O) groups is 1. The predicted octanol–water partition coefficient (Wildman–Crippen LogP) is 4.97. The van der Waals surface area contributed by atoms with E-state index in [0.717, 1.165) is 70.0 Å². The highest BCUT2D eigenvalue weighted by molar-refractivity contribution is 6.11. The number of hydrogen-bond acceptors (Lipinski definition) is 6. The number of morpholine rings is 1. The molecule has 2 N–H and O–H groups in total. The normalized spacial score (nSPS) is 16.9. The molecule has 2 aromatic carbocycles. The van der Waals surface area contributed by atoms with E-state index in [4.69, 9.17) is 4.74 Å². The molecule has 0 bridgehead atoms. The molecule has 0 unspecified atom stereocenters. The summed E-state index contributed by atoms with van der Waals surface area (Å²) in [7, 11) is 0. The molecule has 0 radical (unpaired) electrons. The molecule has 2 aliphatic heterocycles. The van der Waals surface area contributed by atoms with Crippen molar-refractivity contribution in [3.63, 3.8) is 0 Å². The lowest BCUT2D eigenvalue weighted by atomic mass is 9.99. The van der Waals surface area contributed by atoms with Crippen LogP contribution in [0.1, 0.15) is 41.0 Å². The Kier molecular flexibility index (Phi) is 7.81. The van der Waals surface area contributed by atoms with Crippen molar-refractivity contribution in [1.82, 2.24) is 25.0 Å². The van der Waals surface area contributed by atoms with Crippen LogP contribution in [0.2, 0.25) is 0 Å². The van der Waals surface area contributed by atoms with Crippen molar-refractivity contribution >= 4 is 22.5 Å². The van der Waals surface area contributed by atoms with Crippen LogP contribution in [0.4, 0.5) is 14.5 Å². The molecule has 0 atom stereocenters. The standard InChI is InChI=1S/C30H32F2N6O2/c31-26-15-20(18-37-8-2-1-3-9-37)14-24(28(26)32)21-4-7-27-25(16-21)29(36-35-27)30(39)34-22-5-6-23(33-17-22)19-38-10-12-40-13-11-38/h4-7,14-17H,1-3,8-13,18-19H2,(H,34,39)(H,35,36). The Morgan fingerprint density at radius 3 is 2.52 bits per heavy atom. The van der Waals surface area contributed by atoms with E-state index in [1.807, 2.05) is 12.1 Å². The van der Waals surface area contributed by atoms with Gasteiger partial charge in [-0.2, -0.15) is 5.10 Å². The molecule has 0 spiro atoms. The van der Waals surface area contributed by atoms with Gasteiger partial charge in [0.1, 0.15) is 0 Å². The fourth-order valence-corrected chi connectivity index (χ4v) is 5.45. The number of pyridine rings is 1. The molecule has 2 saturated heterocycles. The van der Waals surface area contributed by atoms with Crippen molar-refractivity contribution in [3.8, 4) is 11.1 Å². The highest BCUT2D eigenvalue weighted by Gasteiger charge is 2.19. The Morgan fingerprint density at radius 2 is 1.75 bits per heavy atom. The number of hydrogen-bond donors (Lipinski definition) is 2. The molecule has 1 amide bonds. The number of benzene rings is 2. The third-order valence-electron chi connectivity index (χ3n) is 7.60. The molecule has 2 aromatic heterocycles. The van der Waals surface area contributed by atoms with Gasteiger partial charge in [-0.15, -0.1) is 0 Å². The number of aromatic nitrogens is 3. The maximum absolute atomic E-state index is 15.0. The summed E-state index contributed by atoms with van der Waals surface area (Å²) in [5.41, 5.74) is 3.62. The minimum Gasteiger partial charge on any atom is -0.379 e. The Hall–Kier alpha value is -3.73. The maximum atomic E-state index is 15.0. The van der Waals surface area contributed by atoms with Crippen molar-refractivity contribution in [3.05, 3.63) is 77.2 Å². The summed E-state index contributed by atoms with van der Waals surface area (Å²) in [5.74, 6) is -2.20. The molecule has 4 aromatic rings.